The van der Waals surface area contributed by atoms with Crippen LogP contribution >= 0.6 is 0 Å². The SMILES string of the molecule is c1cc(CCNC2CCN3CCCC3C2)ccn1. The topological polar surface area (TPSA) is 28.2 Å². The maximum Gasteiger partial charge on any atom is 0.0270 e. The number of hydrogen-bond acceptors (Lipinski definition) is 3. The summed E-state index contributed by atoms with van der Waals surface area (Å²) in [5.41, 5.74) is 1.39. The second-order valence-corrected chi connectivity index (χ2v) is 5.61. The van der Waals surface area contributed by atoms with Crippen molar-refractivity contribution in [3.8, 4) is 0 Å². The average molecular weight is 245 g/mol. The number of rotatable bonds is 4. The van der Waals surface area contributed by atoms with Crippen molar-refractivity contribution in [2.45, 2.75) is 44.2 Å². The van der Waals surface area contributed by atoms with Crippen molar-refractivity contribution >= 4 is 0 Å². The van der Waals surface area contributed by atoms with E-state index in [0.717, 1.165) is 25.0 Å². The van der Waals surface area contributed by atoms with E-state index in [1.165, 1.54) is 44.3 Å². The number of hydrogen-bond donors (Lipinski definition) is 1. The lowest BCUT2D eigenvalue weighted by Crippen LogP contribution is -2.46. The smallest absolute Gasteiger partial charge is 0.0270 e. The van der Waals surface area contributed by atoms with Crippen molar-refractivity contribution < 1.29 is 0 Å². The Morgan fingerprint density at radius 2 is 2.11 bits per heavy atom. The van der Waals surface area contributed by atoms with E-state index in [0.29, 0.717) is 0 Å². The quantitative estimate of drug-likeness (QED) is 0.877. The molecule has 2 unspecified atom stereocenters. The molecule has 2 aliphatic heterocycles. The number of piperidine rings is 1. The first kappa shape index (κ1) is 12.1. The predicted molar refractivity (Wildman–Crippen MR) is 73.6 cm³/mol. The molecule has 0 aromatic carbocycles. The van der Waals surface area contributed by atoms with Gasteiger partial charge in [-0.1, -0.05) is 0 Å². The molecule has 1 N–H and O–H groups in total. The van der Waals surface area contributed by atoms with Crippen LogP contribution in [0.25, 0.3) is 0 Å². The molecule has 2 aliphatic rings. The maximum absolute atomic E-state index is 4.05. The van der Waals surface area contributed by atoms with E-state index in [9.17, 15) is 0 Å². The van der Waals surface area contributed by atoms with Crippen molar-refractivity contribution in [1.29, 1.82) is 0 Å². The Bertz CT molecular complexity index is 365. The van der Waals surface area contributed by atoms with Gasteiger partial charge in [-0.3, -0.25) is 4.98 Å². The van der Waals surface area contributed by atoms with Crippen molar-refractivity contribution in [3.63, 3.8) is 0 Å². The van der Waals surface area contributed by atoms with Crippen LogP contribution in [0.4, 0.5) is 0 Å². The molecule has 2 atom stereocenters. The Kier molecular flexibility index (Phi) is 3.91. The standard InChI is InChI=1S/C15H23N3/c1-2-15-12-14(6-11-18(15)10-1)17-9-5-13-3-7-16-8-4-13/h3-4,7-8,14-15,17H,1-2,5-6,9-12H2. The van der Waals surface area contributed by atoms with E-state index >= 15 is 0 Å². The minimum absolute atomic E-state index is 0.742. The number of nitrogens with zero attached hydrogens (tertiary/aromatic N) is 2. The molecule has 2 saturated heterocycles. The lowest BCUT2D eigenvalue weighted by molar-refractivity contribution is 0.167. The molecule has 1 aromatic rings. The van der Waals surface area contributed by atoms with E-state index in [-0.39, 0.29) is 0 Å². The molecule has 98 valence electrons. The zero-order valence-electron chi connectivity index (χ0n) is 11.0. The fourth-order valence-electron chi connectivity index (χ4n) is 3.38. The number of nitrogens with one attached hydrogen (secondary N) is 1. The van der Waals surface area contributed by atoms with E-state index in [1.807, 2.05) is 12.4 Å². The molecule has 3 rings (SSSR count). The molecule has 0 aliphatic carbocycles. The highest BCUT2D eigenvalue weighted by Crippen LogP contribution is 2.26. The lowest BCUT2D eigenvalue weighted by Gasteiger charge is -2.35. The van der Waals surface area contributed by atoms with Crippen LogP contribution in [-0.4, -0.2) is 41.6 Å². The summed E-state index contributed by atoms with van der Waals surface area (Å²) in [6.07, 6.45) is 10.4. The number of fused-ring (bicyclic) bond motifs is 1. The van der Waals surface area contributed by atoms with Gasteiger partial charge >= 0.3 is 0 Å². The third-order valence-corrected chi connectivity index (χ3v) is 4.42. The van der Waals surface area contributed by atoms with Crippen molar-refractivity contribution in [2.24, 2.45) is 0 Å². The van der Waals surface area contributed by atoms with E-state index in [4.69, 9.17) is 0 Å². The van der Waals surface area contributed by atoms with E-state index < -0.39 is 0 Å². The van der Waals surface area contributed by atoms with Crippen molar-refractivity contribution in [2.75, 3.05) is 19.6 Å². The van der Waals surface area contributed by atoms with E-state index in [1.54, 1.807) is 0 Å². The zero-order chi connectivity index (χ0) is 12.2. The van der Waals surface area contributed by atoms with Gasteiger partial charge in [-0.25, -0.2) is 0 Å². The van der Waals surface area contributed by atoms with Crippen LogP contribution in [-0.2, 0) is 6.42 Å². The third-order valence-electron chi connectivity index (χ3n) is 4.42. The normalized spacial score (nSPS) is 28.2. The molecule has 18 heavy (non-hydrogen) atoms. The first-order chi connectivity index (χ1) is 8.92. The molecule has 0 bridgehead atoms. The van der Waals surface area contributed by atoms with Gasteiger partial charge in [-0.05, 0) is 69.4 Å². The number of aromatic nitrogens is 1. The van der Waals surface area contributed by atoms with Gasteiger partial charge in [0.2, 0.25) is 0 Å². The molecule has 1 aromatic heterocycles. The Labute approximate surface area is 110 Å². The van der Waals surface area contributed by atoms with Gasteiger partial charge in [0.05, 0.1) is 0 Å². The summed E-state index contributed by atoms with van der Waals surface area (Å²) in [4.78, 5) is 6.74. The largest absolute Gasteiger partial charge is 0.314 e. The molecule has 0 saturated carbocycles. The monoisotopic (exact) mass is 245 g/mol. The predicted octanol–water partition coefficient (Wildman–Crippen LogP) is 1.84. The Balaban J connectivity index is 1.41. The minimum Gasteiger partial charge on any atom is -0.314 e. The summed E-state index contributed by atoms with van der Waals surface area (Å²) in [6, 6.07) is 5.84. The summed E-state index contributed by atoms with van der Waals surface area (Å²) in [5, 5.41) is 3.74. The van der Waals surface area contributed by atoms with Crippen molar-refractivity contribution in [3.05, 3.63) is 30.1 Å². The second kappa shape index (κ2) is 5.81. The van der Waals surface area contributed by atoms with Gasteiger partial charge < -0.3 is 10.2 Å². The molecular formula is C15H23N3. The fraction of sp³-hybridized carbons (Fsp3) is 0.667. The lowest BCUT2D eigenvalue weighted by atomic mass is 9.97. The summed E-state index contributed by atoms with van der Waals surface area (Å²) in [5.74, 6) is 0. The van der Waals surface area contributed by atoms with Crippen LogP contribution in [0, 0.1) is 0 Å². The van der Waals surface area contributed by atoms with Gasteiger partial charge in [-0.15, -0.1) is 0 Å². The Hall–Kier alpha value is -0.930. The molecule has 3 heteroatoms. The van der Waals surface area contributed by atoms with Crippen LogP contribution in [0.5, 0.6) is 0 Å². The summed E-state index contributed by atoms with van der Waals surface area (Å²) < 4.78 is 0. The third kappa shape index (κ3) is 2.90. The van der Waals surface area contributed by atoms with Crippen LogP contribution in [0.3, 0.4) is 0 Å². The Morgan fingerprint density at radius 1 is 1.22 bits per heavy atom. The zero-order valence-corrected chi connectivity index (χ0v) is 11.0. The highest BCUT2D eigenvalue weighted by molar-refractivity contribution is 5.09. The van der Waals surface area contributed by atoms with Gasteiger partial charge in [-0.2, -0.15) is 0 Å². The van der Waals surface area contributed by atoms with Crippen LogP contribution in [0.1, 0.15) is 31.2 Å². The first-order valence-electron chi connectivity index (χ1n) is 7.28. The van der Waals surface area contributed by atoms with Crippen LogP contribution in [0.15, 0.2) is 24.5 Å². The first-order valence-corrected chi connectivity index (χ1v) is 7.28. The molecule has 3 nitrogen and oxygen atoms in total. The highest BCUT2D eigenvalue weighted by Gasteiger charge is 2.31. The van der Waals surface area contributed by atoms with Crippen molar-refractivity contribution in [1.82, 2.24) is 15.2 Å². The van der Waals surface area contributed by atoms with Gasteiger partial charge in [0.15, 0.2) is 0 Å². The number of pyridine rings is 1. The average Bonchev–Trinajstić information content (AvgIpc) is 2.87. The molecule has 0 spiro atoms. The molecule has 0 radical (unpaired) electrons. The fourth-order valence-corrected chi connectivity index (χ4v) is 3.38. The van der Waals surface area contributed by atoms with E-state index in [2.05, 4.69) is 27.3 Å². The van der Waals surface area contributed by atoms with Crippen LogP contribution < -0.4 is 5.32 Å². The minimum atomic E-state index is 0.742. The van der Waals surface area contributed by atoms with Gasteiger partial charge in [0, 0.05) is 24.5 Å². The summed E-state index contributed by atoms with van der Waals surface area (Å²) >= 11 is 0. The van der Waals surface area contributed by atoms with Gasteiger partial charge in [0.1, 0.15) is 0 Å². The summed E-state index contributed by atoms with van der Waals surface area (Å²) in [6.45, 7) is 3.74. The molecule has 0 amide bonds. The molecule has 2 fully saturated rings. The summed E-state index contributed by atoms with van der Waals surface area (Å²) in [7, 11) is 0. The van der Waals surface area contributed by atoms with Gasteiger partial charge in [0.25, 0.3) is 0 Å². The molecular weight excluding hydrogens is 222 g/mol. The second-order valence-electron chi connectivity index (χ2n) is 5.61. The Morgan fingerprint density at radius 3 is 3.00 bits per heavy atom. The molecule has 3 heterocycles. The highest BCUT2D eigenvalue weighted by atomic mass is 15.2. The van der Waals surface area contributed by atoms with Crippen LogP contribution in [0.2, 0.25) is 0 Å². The maximum atomic E-state index is 4.05.